The van der Waals surface area contributed by atoms with Crippen molar-refractivity contribution in [3.8, 4) is 0 Å². The number of aliphatic carboxylic acids is 1. The third-order valence-corrected chi connectivity index (χ3v) is 3.98. The van der Waals surface area contributed by atoms with Crippen LogP contribution < -0.4 is 0 Å². The molecule has 0 spiro atoms. The number of likely N-dealkylation sites (tertiary alicyclic amines) is 1. The van der Waals surface area contributed by atoms with Crippen molar-refractivity contribution in [2.75, 3.05) is 20.1 Å². The second-order valence-corrected chi connectivity index (χ2v) is 5.72. The molecule has 1 aliphatic rings. The molecule has 1 heterocycles. The molecule has 1 aromatic rings. The molecule has 0 aromatic heterocycles. The summed E-state index contributed by atoms with van der Waals surface area (Å²) in [5.41, 5.74) is 2.29. The van der Waals surface area contributed by atoms with E-state index in [0.717, 1.165) is 5.56 Å². The molecule has 1 saturated heterocycles. The molecule has 2 amide bonds. The number of urea groups is 1. The molecule has 0 bridgehead atoms. The van der Waals surface area contributed by atoms with E-state index in [1.807, 2.05) is 31.2 Å². The molecule has 1 aromatic carbocycles. The normalized spacial score (nSPS) is 15.8. The minimum atomic E-state index is -0.755. The number of hydrogen-bond donors (Lipinski definition) is 1. The maximum absolute atomic E-state index is 12.4. The molecule has 21 heavy (non-hydrogen) atoms. The van der Waals surface area contributed by atoms with Crippen molar-refractivity contribution in [2.45, 2.75) is 26.3 Å². The van der Waals surface area contributed by atoms with E-state index in [2.05, 4.69) is 0 Å². The van der Waals surface area contributed by atoms with Crippen molar-refractivity contribution in [3.63, 3.8) is 0 Å². The summed E-state index contributed by atoms with van der Waals surface area (Å²) in [7, 11) is 1.78. The second-order valence-electron chi connectivity index (χ2n) is 5.72. The zero-order valence-electron chi connectivity index (χ0n) is 12.6. The predicted molar refractivity (Wildman–Crippen MR) is 80.0 cm³/mol. The fourth-order valence-electron chi connectivity index (χ4n) is 2.59. The first-order chi connectivity index (χ1) is 9.97. The van der Waals surface area contributed by atoms with E-state index in [4.69, 9.17) is 5.11 Å². The molecular formula is C16H22N2O3. The zero-order chi connectivity index (χ0) is 15.4. The van der Waals surface area contributed by atoms with Gasteiger partial charge in [0.2, 0.25) is 0 Å². The standard InChI is InChI=1S/C16H22N2O3/c1-12-3-5-13(6-4-12)11-17(2)16(21)18-9-7-14(8-10-18)15(19)20/h3-6,14H,7-11H2,1-2H3,(H,19,20). The molecule has 0 atom stereocenters. The lowest BCUT2D eigenvalue weighted by atomic mass is 9.97. The second kappa shape index (κ2) is 6.61. The third-order valence-electron chi connectivity index (χ3n) is 3.98. The number of hydrogen-bond acceptors (Lipinski definition) is 2. The molecule has 2 rings (SSSR count). The summed E-state index contributed by atoms with van der Waals surface area (Å²) < 4.78 is 0. The third kappa shape index (κ3) is 3.97. The lowest BCUT2D eigenvalue weighted by Crippen LogP contribution is -2.45. The van der Waals surface area contributed by atoms with Gasteiger partial charge in [0.15, 0.2) is 0 Å². The number of carboxylic acid groups (broad SMARTS) is 1. The lowest BCUT2D eigenvalue weighted by Gasteiger charge is -2.33. The van der Waals surface area contributed by atoms with Gasteiger partial charge in [0.05, 0.1) is 5.92 Å². The molecule has 0 unspecified atom stereocenters. The number of carbonyl (C=O) groups is 2. The van der Waals surface area contributed by atoms with E-state index in [9.17, 15) is 9.59 Å². The van der Waals surface area contributed by atoms with E-state index in [0.29, 0.717) is 32.5 Å². The number of carbonyl (C=O) groups excluding carboxylic acids is 1. The molecule has 0 radical (unpaired) electrons. The number of piperidine rings is 1. The Labute approximate surface area is 125 Å². The van der Waals surface area contributed by atoms with Crippen LogP contribution in [0.4, 0.5) is 4.79 Å². The average molecular weight is 290 g/mol. The number of rotatable bonds is 3. The first-order valence-corrected chi connectivity index (χ1v) is 7.26. The first kappa shape index (κ1) is 15.4. The minimum Gasteiger partial charge on any atom is -0.481 e. The monoisotopic (exact) mass is 290 g/mol. The summed E-state index contributed by atoms with van der Waals surface area (Å²) in [5.74, 6) is -1.06. The van der Waals surface area contributed by atoms with Crippen molar-refractivity contribution in [1.29, 1.82) is 0 Å². The molecular weight excluding hydrogens is 268 g/mol. The molecule has 1 N–H and O–H groups in total. The number of benzene rings is 1. The van der Waals surface area contributed by atoms with Crippen LogP contribution in [0.25, 0.3) is 0 Å². The van der Waals surface area contributed by atoms with Gasteiger partial charge < -0.3 is 14.9 Å². The van der Waals surface area contributed by atoms with E-state index >= 15 is 0 Å². The highest BCUT2D eigenvalue weighted by Gasteiger charge is 2.28. The van der Waals surface area contributed by atoms with Crippen LogP contribution in [-0.4, -0.2) is 47.0 Å². The van der Waals surface area contributed by atoms with Crippen LogP contribution in [0.3, 0.4) is 0 Å². The predicted octanol–water partition coefficient (Wildman–Crippen LogP) is 2.34. The van der Waals surface area contributed by atoms with Crippen LogP contribution >= 0.6 is 0 Å². The van der Waals surface area contributed by atoms with Gasteiger partial charge in [0.1, 0.15) is 0 Å². The van der Waals surface area contributed by atoms with E-state index in [1.54, 1.807) is 16.8 Å². The van der Waals surface area contributed by atoms with Crippen molar-refractivity contribution < 1.29 is 14.7 Å². The number of nitrogens with zero attached hydrogens (tertiary/aromatic N) is 2. The fraction of sp³-hybridized carbons (Fsp3) is 0.500. The van der Waals surface area contributed by atoms with Crippen molar-refractivity contribution in [2.24, 2.45) is 5.92 Å². The number of aryl methyl sites for hydroxylation is 1. The Bertz CT molecular complexity index is 505. The van der Waals surface area contributed by atoms with Crippen LogP contribution in [0.15, 0.2) is 24.3 Å². The molecule has 5 heteroatoms. The quantitative estimate of drug-likeness (QED) is 0.929. The fourth-order valence-corrected chi connectivity index (χ4v) is 2.59. The van der Waals surface area contributed by atoms with Gasteiger partial charge in [-0.05, 0) is 25.3 Å². The smallest absolute Gasteiger partial charge is 0.320 e. The van der Waals surface area contributed by atoms with E-state index < -0.39 is 5.97 Å². The molecule has 5 nitrogen and oxygen atoms in total. The van der Waals surface area contributed by atoms with Crippen molar-refractivity contribution >= 4 is 12.0 Å². The summed E-state index contributed by atoms with van der Waals surface area (Å²) in [5, 5.41) is 8.98. The largest absolute Gasteiger partial charge is 0.481 e. The van der Waals surface area contributed by atoms with Gasteiger partial charge in [-0.1, -0.05) is 29.8 Å². The highest BCUT2D eigenvalue weighted by atomic mass is 16.4. The van der Waals surface area contributed by atoms with Gasteiger partial charge in [-0.2, -0.15) is 0 Å². The minimum absolute atomic E-state index is 0.0283. The van der Waals surface area contributed by atoms with Gasteiger partial charge in [-0.25, -0.2) is 4.79 Å². The summed E-state index contributed by atoms with van der Waals surface area (Å²) >= 11 is 0. The molecule has 1 aliphatic heterocycles. The average Bonchev–Trinajstić information content (AvgIpc) is 2.49. The maximum Gasteiger partial charge on any atom is 0.320 e. The van der Waals surface area contributed by atoms with Crippen LogP contribution in [-0.2, 0) is 11.3 Å². The van der Waals surface area contributed by atoms with E-state index in [1.165, 1.54) is 5.56 Å². The number of carboxylic acids is 1. The van der Waals surface area contributed by atoms with Crippen LogP contribution in [0.1, 0.15) is 24.0 Å². The highest BCUT2D eigenvalue weighted by molar-refractivity contribution is 5.75. The topological polar surface area (TPSA) is 60.9 Å². The summed E-state index contributed by atoms with van der Waals surface area (Å²) in [6.45, 7) is 3.64. The van der Waals surface area contributed by atoms with Gasteiger partial charge in [-0.15, -0.1) is 0 Å². The summed E-state index contributed by atoms with van der Waals surface area (Å²) in [6.07, 6.45) is 1.08. The van der Waals surface area contributed by atoms with Gasteiger partial charge in [0, 0.05) is 26.7 Å². The summed E-state index contributed by atoms with van der Waals surface area (Å²) in [4.78, 5) is 26.7. The lowest BCUT2D eigenvalue weighted by molar-refractivity contribution is -0.143. The van der Waals surface area contributed by atoms with E-state index in [-0.39, 0.29) is 11.9 Å². The molecule has 0 aliphatic carbocycles. The number of amides is 2. The van der Waals surface area contributed by atoms with Gasteiger partial charge in [-0.3, -0.25) is 4.79 Å². The molecule has 1 fully saturated rings. The Morgan fingerprint density at radius 1 is 1.24 bits per heavy atom. The Morgan fingerprint density at radius 3 is 2.33 bits per heavy atom. The molecule has 114 valence electrons. The maximum atomic E-state index is 12.4. The first-order valence-electron chi connectivity index (χ1n) is 7.26. The Kier molecular flexibility index (Phi) is 4.83. The Morgan fingerprint density at radius 2 is 1.81 bits per heavy atom. The molecule has 0 saturated carbocycles. The van der Waals surface area contributed by atoms with Gasteiger partial charge in [0.25, 0.3) is 0 Å². The Hall–Kier alpha value is -2.04. The van der Waals surface area contributed by atoms with Crippen LogP contribution in [0, 0.1) is 12.8 Å². The zero-order valence-corrected chi connectivity index (χ0v) is 12.6. The Balaban J connectivity index is 1.88. The summed E-state index contributed by atoms with van der Waals surface area (Å²) in [6, 6.07) is 8.09. The van der Waals surface area contributed by atoms with Crippen LogP contribution in [0.2, 0.25) is 0 Å². The van der Waals surface area contributed by atoms with Crippen molar-refractivity contribution in [3.05, 3.63) is 35.4 Å². The SMILES string of the molecule is Cc1ccc(CN(C)C(=O)N2CCC(C(=O)O)CC2)cc1. The highest BCUT2D eigenvalue weighted by Crippen LogP contribution is 2.18. The van der Waals surface area contributed by atoms with Gasteiger partial charge >= 0.3 is 12.0 Å². The van der Waals surface area contributed by atoms with Crippen molar-refractivity contribution in [1.82, 2.24) is 9.80 Å². The van der Waals surface area contributed by atoms with Crippen LogP contribution in [0.5, 0.6) is 0 Å².